The van der Waals surface area contributed by atoms with E-state index in [-0.39, 0.29) is 6.04 Å². The summed E-state index contributed by atoms with van der Waals surface area (Å²) in [4.78, 5) is 0. The normalized spacial score (nSPS) is 35.4. The molecule has 1 heterocycles. The third-order valence-corrected chi connectivity index (χ3v) is 3.58. The predicted molar refractivity (Wildman–Crippen MR) is 58.3 cm³/mol. The molecule has 2 N–H and O–H groups in total. The molecule has 0 spiro atoms. The Kier molecular flexibility index (Phi) is 3.12. The molecule has 2 heteroatoms. The van der Waals surface area contributed by atoms with Crippen molar-refractivity contribution < 1.29 is 5.11 Å². The molecule has 0 amide bonds. The van der Waals surface area contributed by atoms with E-state index in [0.29, 0.717) is 17.7 Å². The minimum Gasteiger partial charge on any atom is -0.511 e. The fourth-order valence-corrected chi connectivity index (χ4v) is 2.73. The van der Waals surface area contributed by atoms with E-state index in [2.05, 4.69) is 12.2 Å². The molecule has 1 aliphatic heterocycles. The van der Waals surface area contributed by atoms with Crippen LogP contribution in [0.3, 0.4) is 0 Å². The highest BCUT2D eigenvalue weighted by Gasteiger charge is 2.29. The second-order valence-electron chi connectivity index (χ2n) is 4.81. The second kappa shape index (κ2) is 4.35. The van der Waals surface area contributed by atoms with Crippen LogP contribution in [-0.2, 0) is 0 Å². The molecule has 1 fully saturated rings. The Hall–Kier alpha value is -0.500. The summed E-state index contributed by atoms with van der Waals surface area (Å²) in [5.74, 6) is 1.26. The quantitative estimate of drug-likeness (QED) is 0.674. The van der Waals surface area contributed by atoms with E-state index in [1.807, 2.05) is 6.08 Å². The summed E-state index contributed by atoms with van der Waals surface area (Å²) in [5, 5.41) is 13.4. The zero-order chi connectivity index (χ0) is 9.97. The standard InChI is InChI=1S/C12H21NO/c1-9-7-8-11(14)12(13-9)10-5-3-2-4-6-10/h8-10,12-14H,2-7H2,1H3. The SMILES string of the molecule is CC1CC=C(O)C(C2CCCCC2)N1. The van der Waals surface area contributed by atoms with Crippen molar-refractivity contribution in [2.45, 2.75) is 57.5 Å². The maximum atomic E-state index is 9.84. The van der Waals surface area contributed by atoms with Gasteiger partial charge in [0, 0.05) is 6.04 Å². The van der Waals surface area contributed by atoms with Crippen molar-refractivity contribution >= 4 is 0 Å². The molecule has 2 rings (SSSR count). The Bertz CT molecular complexity index is 218. The number of aliphatic hydroxyl groups is 1. The topological polar surface area (TPSA) is 32.3 Å². The van der Waals surface area contributed by atoms with Gasteiger partial charge in [-0.05, 0) is 38.2 Å². The molecule has 2 atom stereocenters. The third kappa shape index (κ3) is 2.11. The van der Waals surface area contributed by atoms with Gasteiger partial charge in [-0.1, -0.05) is 19.3 Å². The molecule has 14 heavy (non-hydrogen) atoms. The number of nitrogens with one attached hydrogen (secondary N) is 1. The summed E-state index contributed by atoms with van der Waals surface area (Å²) in [6, 6.07) is 0.775. The van der Waals surface area contributed by atoms with E-state index >= 15 is 0 Å². The molecule has 1 saturated carbocycles. The van der Waals surface area contributed by atoms with Crippen molar-refractivity contribution in [2.24, 2.45) is 5.92 Å². The van der Waals surface area contributed by atoms with Gasteiger partial charge in [0.2, 0.25) is 0 Å². The van der Waals surface area contributed by atoms with Crippen molar-refractivity contribution in [1.29, 1.82) is 0 Å². The predicted octanol–water partition coefficient (Wildman–Crippen LogP) is 2.76. The van der Waals surface area contributed by atoms with Crippen LogP contribution in [0.1, 0.15) is 45.4 Å². The van der Waals surface area contributed by atoms with Crippen LogP contribution in [0, 0.1) is 5.92 Å². The van der Waals surface area contributed by atoms with Gasteiger partial charge < -0.3 is 10.4 Å². The number of aliphatic hydroxyl groups excluding tert-OH is 1. The van der Waals surface area contributed by atoms with E-state index in [4.69, 9.17) is 0 Å². The van der Waals surface area contributed by atoms with E-state index in [0.717, 1.165) is 6.42 Å². The first-order valence-corrected chi connectivity index (χ1v) is 5.92. The van der Waals surface area contributed by atoms with Crippen molar-refractivity contribution in [3.8, 4) is 0 Å². The Balaban J connectivity index is 2.00. The average molecular weight is 195 g/mol. The van der Waals surface area contributed by atoms with Gasteiger partial charge in [0.25, 0.3) is 0 Å². The molecular weight excluding hydrogens is 174 g/mol. The maximum Gasteiger partial charge on any atom is 0.106 e. The van der Waals surface area contributed by atoms with Gasteiger partial charge in [-0.2, -0.15) is 0 Å². The zero-order valence-electron chi connectivity index (χ0n) is 9.00. The molecule has 80 valence electrons. The van der Waals surface area contributed by atoms with Crippen LogP contribution >= 0.6 is 0 Å². The third-order valence-electron chi connectivity index (χ3n) is 3.58. The van der Waals surface area contributed by atoms with Crippen molar-refractivity contribution in [3.63, 3.8) is 0 Å². The second-order valence-corrected chi connectivity index (χ2v) is 4.81. The lowest BCUT2D eigenvalue weighted by molar-refractivity contribution is 0.210. The van der Waals surface area contributed by atoms with Crippen LogP contribution in [0.15, 0.2) is 11.8 Å². The molecule has 0 radical (unpaired) electrons. The lowest BCUT2D eigenvalue weighted by Gasteiger charge is -2.35. The highest BCUT2D eigenvalue weighted by Crippen LogP contribution is 2.30. The van der Waals surface area contributed by atoms with Crippen LogP contribution in [0.4, 0.5) is 0 Å². The van der Waals surface area contributed by atoms with E-state index < -0.39 is 0 Å². The summed E-state index contributed by atoms with van der Waals surface area (Å²) in [5.41, 5.74) is 0. The lowest BCUT2D eigenvalue weighted by atomic mass is 9.81. The molecule has 2 nitrogen and oxygen atoms in total. The molecule has 0 saturated heterocycles. The van der Waals surface area contributed by atoms with Crippen molar-refractivity contribution in [1.82, 2.24) is 5.32 Å². The fourth-order valence-electron chi connectivity index (χ4n) is 2.73. The first kappa shape index (κ1) is 10.0. The number of hydrogen-bond donors (Lipinski definition) is 2. The fraction of sp³-hybridized carbons (Fsp3) is 0.833. The molecule has 2 aliphatic rings. The zero-order valence-corrected chi connectivity index (χ0v) is 9.00. The van der Waals surface area contributed by atoms with Gasteiger partial charge in [0.1, 0.15) is 5.76 Å². The van der Waals surface area contributed by atoms with Gasteiger partial charge in [-0.25, -0.2) is 0 Å². The molecule has 0 bridgehead atoms. The number of hydrogen-bond acceptors (Lipinski definition) is 2. The minimum atomic E-state index is 0.249. The molecular formula is C12H21NO. The van der Waals surface area contributed by atoms with E-state index in [1.165, 1.54) is 32.1 Å². The largest absolute Gasteiger partial charge is 0.511 e. The van der Waals surface area contributed by atoms with Crippen LogP contribution in [0.5, 0.6) is 0 Å². The van der Waals surface area contributed by atoms with Crippen LogP contribution in [0.25, 0.3) is 0 Å². The maximum absolute atomic E-state index is 9.84. The van der Waals surface area contributed by atoms with Gasteiger partial charge in [0.15, 0.2) is 0 Å². The van der Waals surface area contributed by atoms with Crippen molar-refractivity contribution in [3.05, 3.63) is 11.8 Å². The van der Waals surface area contributed by atoms with Gasteiger partial charge >= 0.3 is 0 Å². The summed E-state index contributed by atoms with van der Waals surface area (Å²) < 4.78 is 0. The average Bonchev–Trinajstić information content (AvgIpc) is 2.23. The minimum absolute atomic E-state index is 0.249. The number of rotatable bonds is 1. The molecule has 0 aromatic rings. The molecule has 2 unspecified atom stereocenters. The smallest absolute Gasteiger partial charge is 0.106 e. The Morgan fingerprint density at radius 2 is 2.00 bits per heavy atom. The van der Waals surface area contributed by atoms with E-state index in [1.54, 1.807) is 0 Å². The first-order chi connectivity index (χ1) is 6.77. The Morgan fingerprint density at radius 1 is 1.29 bits per heavy atom. The summed E-state index contributed by atoms with van der Waals surface area (Å²) in [6.07, 6.45) is 9.58. The van der Waals surface area contributed by atoms with Gasteiger partial charge in [-0.3, -0.25) is 0 Å². The summed E-state index contributed by atoms with van der Waals surface area (Å²) >= 11 is 0. The molecule has 0 aromatic carbocycles. The Morgan fingerprint density at radius 3 is 2.71 bits per heavy atom. The lowest BCUT2D eigenvalue weighted by Crippen LogP contribution is -2.45. The van der Waals surface area contributed by atoms with Crippen LogP contribution in [-0.4, -0.2) is 17.2 Å². The van der Waals surface area contributed by atoms with Gasteiger partial charge in [0.05, 0.1) is 6.04 Å². The first-order valence-electron chi connectivity index (χ1n) is 5.92. The van der Waals surface area contributed by atoms with E-state index in [9.17, 15) is 5.11 Å². The van der Waals surface area contributed by atoms with Crippen LogP contribution < -0.4 is 5.32 Å². The van der Waals surface area contributed by atoms with Crippen LogP contribution in [0.2, 0.25) is 0 Å². The Labute approximate surface area is 86.4 Å². The molecule has 0 aromatic heterocycles. The van der Waals surface area contributed by atoms with Gasteiger partial charge in [-0.15, -0.1) is 0 Å². The summed E-state index contributed by atoms with van der Waals surface area (Å²) in [6.45, 7) is 2.19. The summed E-state index contributed by atoms with van der Waals surface area (Å²) in [7, 11) is 0. The monoisotopic (exact) mass is 195 g/mol. The van der Waals surface area contributed by atoms with Crippen molar-refractivity contribution in [2.75, 3.05) is 0 Å². The molecule has 1 aliphatic carbocycles. The highest BCUT2D eigenvalue weighted by molar-refractivity contribution is 5.10. The highest BCUT2D eigenvalue weighted by atomic mass is 16.3.